The molecule has 0 saturated carbocycles. The van der Waals surface area contributed by atoms with Crippen LogP contribution in [0.5, 0.6) is 5.75 Å². The van der Waals surface area contributed by atoms with Crippen molar-refractivity contribution in [3.05, 3.63) is 47.2 Å². The molecule has 0 bridgehead atoms. The van der Waals surface area contributed by atoms with Gasteiger partial charge in [0.15, 0.2) is 0 Å². The molecule has 2 aromatic carbocycles. The van der Waals surface area contributed by atoms with E-state index in [0.717, 1.165) is 21.5 Å². The van der Waals surface area contributed by atoms with Crippen molar-refractivity contribution >= 4 is 34.6 Å². The van der Waals surface area contributed by atoms with Gasteiger partial charge in [-0.2, -0.15) is 5.01 Å². The minimum Gasteiger partial charge on any atom is -0.569 e. The minimum absolute atomic E-state index is 0.134. The summed E-state index contributed by atoms with van der Waals surface area (Å²) in [4.78, 5) is 54.7. The molecular formula is C28H38N4O10. The van der Waals surface area contributed by atoms with Crippen LogP contribution in [-0.2, 0) is 38.2 Å². The molecule has 1 amide bonds. The van der Waals surface area contributed by atoms with Crippen LogP contribution in [0.1, 0.15) is 52.0 Å². The van der Waals surface area contributed by atoms with E-state index in [9.17, 15) is 24.4 Å². The van der Waals surface area contributed by atoms with Crippen molar-refractivity contribution in [1.29, 1.82) is 0 Å². The van der Waals surface area contributed by atoms with Crippen LogP contribution in [0.25, 0.3) is 10.8 Å². The van der Waals surface area contributed by atoms with Gasteiger partial charge >= 0.3 is 17.9 Å². The van der Waals surface area contributed by atoms with Gasteiger partial charge in [-0.05, 0) is 41.8 Å². The fourth-order valence-corrected chi connectivity index (χ4v) is 3.34. The number of carbonyl (C=O) groups is 4. The first-order chi connectivity index (χ1) is 19.7. The largest absolute Gasteiger partial charge is 0.569 e. The monoisotopic (exact) mass is 590 g/mol. The Labute approximate surface area is 244 Å². The van der Waals surface area contributed by atoms with Gasteiger partial charge in [0.25, 0.3) is 6.79 Å². The number of methoxy groups -OCH3 is 1. The van der Waals surface area contributed by atoms with Crippen molar-refractivity contribution in [3.8, 4) is 5.75 Å². The second-order valence-corrected chi connectivity index (χ2v) is 10.5. The molecule has 42 heavy (non-hydrogen) atoms. The molecule has 14 nitrogen and oxygen atoms in total. The van der Waals surface area contributed by atoms with Gasteiger partial charge in [-0.15, -0.1) is 0 Å². The molecule has 1 N–H and O–H groups in total. The SMILES string of the molecule is COc1ccc2cc(C(C)C(=O)OCOC(=O)C(CCC(=O)OCO/N=[N+](\[O-])N(C)C)NC(=O)C(C)(C)C)ccc2c1. The zero-order chi connectivity index (χ0) is 31.4. The van der Waals surface area contributed by atoms with Gasteiger partial charge in [0.2, 0.25) is 18.0 Å². The molecule has 0 radical (unpaired) electrons. The van der Waals surface area contributed by atoms with E-state index in [4.69, 9.17) is 18.9 Å². The summed E-state index contributed by atoms with van der Waals surface area (Å²) in [5.74, 6) is -2.69. The van der Waals surface area contributed by atoms with Crippen LogP contribution in [0, 0.1) is 10.6 Å². The second kappa shape index (κ2) is 15.4. The highest BCUT2D eigenvalue weighted by Gasteiger charge is 2.29. The predicted octanol–water partition coefficient (Wildman–Crippen LogP) is 3.18. The molecule has 0 aliphatic rings. The summed E-state index contributed by atoms with van der Waals surface area (Å²) in [5.41, 5.74) is -0.128. The van der Waals surface area contributed by atoms with E-state index in [1.807, 2.05) is 30.3 Å². The zero-order valence-electron chi connectivity index (χ0n) is 24.9. The van der Waals surface area contributed by atoms with Crippen molar-refractivity contribution in [3.63, 3.8) is 0 Å². The normalized spacial score (nSPS) is 13.0. The molecule has 0 aliphatic carbocycles. The maximum atomic E-state index is 12.8. The number of esters is 3. The molecule has 0 spiro atoms. The summed E-state index contributed by atoms with van der Waals surface area (Å²) in [5, 5.41) is 19.9. The number of hydrogen-bond acceptors (Lipinski definition) is 11. The topological polar surface area (TPSA) is 168 Å². The number of fused-ring (bicyclic) bond motifs is 1. The van der Waals surface area contributed by atoms with Gasteiger partial charge in [0.1, 0.15) is 11.8 Å². The molecule has 0 aromatic heterocycles. The van der Waals surface area contributed by atoms with Gasteiger partial charge in [-0.1, -0.05) is 45.0 Å². The van der Waals surface area contributed by atoms with Crippen LogP contribution in [-0.4, -0.2) is 74.6 Å². The third-order valence-corrected chi connectivity index (χ3v) is 5.98. The summed E-state index contributed by atoms with van der Waals surface area (Å²) < 4.78 is 20.3. The predicted molar refractivity (Wildman–Crippen MR) is 148 cm³/mol. The Bertz CT molecular complexity index is 1290. The lowest BCUT2D eigenvalue weighted by Crippen LogP contribution is -2.46. The lowest BCUT2D eigenvalue weighted by molar-refractivity contribution is -0.700. The van der Waals surface area contributed by atoms with Gasteiger partial charge in [-0.25, -0.2) is 4.79 Å². The molecule has 2 unspecified atom stereocenters. The summed E-state index contributed by atoms with van der Waals surface area (Å²) in [7, 11) is 4.45. The molecular weight excluding hydrogens is 552 g/mol. The number of ether oxygens (including phenoxy) is 4. The van der Waals surface area contributed by atoms with E-state index in [2.05, 4.69) is 15.4 Å². The molecule has 0 fully saturated rings. The minimum atomic E-state index is -1.23. The third-order valence-electron chi connectivity index (χ3n) is 5.98. The molecule has 2 aromatic rings. The van der Waals surface area contributed by atoms with E-state index in [1.54, 1.807) is 40.9 Å². The summed E-state index contributed by atoms with van der Waals surface area (Å²) in [6.45, 7) is 5.30. The van der Waals surface area contributed by atoms with Crippen LogP contribution in [0.2, 0.25) is 0 Å². The fraction of sp³-hybridized carbons (Fsp3) is 0.500. The van der Waals surface area contributed by atoms with Crippen molar-refractivity contribution in [2.75, 3.05) is 34.8 Å². The molecule has 2 atom stereocenters. The van der Waals surface area contributed by atoms with Crippen molar-refractivity contribution in [2.24, 2.45) is 10.7 Å². The summed E-state index contributed by atoms with van der Waals surface area (Å²) >= 11 is 0. The third kappa shape index (κ3) is 10.4. The van der Waals surface area contributed by atoms with Crippen LogP contribution in [0.3, 0.4) is 0 Å². The van der Waals surface area contributed by atoms with E-state index < -0.39 is 54.8 Å². The van der Waals surface area contributed by atoms with E-state index in [0.29, 0.717) is 5.56 Å². The quantitative estimate of drug-likeness (QED) is 0.0856. The Hall–Kier alpha value is -4.62. The molecule has 230 valence electrons. The Morgan fingerprint density at radius 2 is 1.62 bits per heavy atom. The van der Waals surface area contributed by atoms with Crippen LogP contribution in [0.15, 0.2) is 41.7 Å². The van der Waals surface area contributed by atoms with Crippen LogP contribution >= 0.6 is 0 Å². The number of hydrogen-bond donors (Lipinski definition) is 1. The lowest BCUT2D eigenvalue weighted by Gasteiger charge is -2.23. The fourth-order valence-electron chi connectivity index (χ4n) is 3.34. The number of nitrogens with zero attached hydrogens (tertiary/aromatic N) is 3. The number of amides is 1. The van der Waals surface area contributed by atoms with Crippen molar-refractivity contribution in [1.82, 2.24) is 10.3 Å². The van der Waals surface area contributed by atoms with Crippen LogP contribution < -0.4 is 10.1 Å². The first-order valence-electron chi connectivity index (χ1n) is 13.1. The highest BCUT2D eigenvalue weighted by atomic mass is 16.8. The molecule has 0 aliphatic heterocycles. The van der Waals surface area contributed by atoms with Gasteiger partial charge in [0, 0.05) is 11.8 Å². The summed E-state index contributed by atoms with van der Waals surface area (Å²) in [6, 6.07) is 9.89. The zero-order valence-corrected chi connectivity index (χ0v) is 24.9. The van der Waals surface area contributed by atoms with Gasteiger partial charge in [0.05, 0.1) is 32.1 Å². The smallest absolute Gasteiger partial charge is 0.331 e. The summed E-state index contributed by atoms with van der Waals surface area (Å²) in [6.07, 6.45) is -0.471. The van der Waals surface area contributed by atoms with Crippen molar-refractivity contribution in [2.45, 2.75) is 52.5 Å². The highest BCUT2D eigenvalue weighted by molar-refractivity contribution is 5.88. The maximum Gasteiger partial charge on any atom is 0.331 e. The molecule has 14 heteroatoms. The number of nitrogens with one attached hydrogen (secondary N) is 1. The first kappa shape index (κ1) is 33.6. The number of carbonyl (C=O) groups excluding carboxylic acids is 4. The molecule has 0 heterocycles. The van der Waals surface area contributed by atoms with E-state index >= 15 is 0 Å². The lowest BCUT2D eigenvalue weighted by atomic mass is 9.95. The van der Waals surface area contributed by atoms with Crippen LogP contribution in [0.4, 0.5) is 0 Å². The second-order valence-electron chi connectivity index (χ2n) is 10.5. The maximum absolute atomic E-state index is 12.8. The van der Waals surface area contributed by atoms with E-state index in [1.165, 1.54) is 14.1 Å². The Balaban J connectivity index is 1.93. The average molecular weight is 591 g/mol. The van der Waals surface area contributed by atoms with Gasteiger partial charge in [-0.3, -0.25) is 14.4 Å². The Morgan fingerprint density at radius 3 is 2.26 bits per heavy atom. The highest BCUT2D eigenvalue weighted by Crippen LogP contribution is 2.26. The first-order valence-corrected chi connectivity index (χ1v) is 13.1. The Morgan fingerprint density at radius 1 is 0.976 bits per heavy atom. The van der Waals surface area contributed by atoms with Gasteiger partial charge < -0.3 is 34.3 Å². The Kier molecular flexibility index (Phi) is 12.3. The average Bonchev–Trinajstić information content (AvgIpc) is 2.95. The molecule has 0 saturated heterocycles. The van der Waals surface area contributed by atoms with Crippen molar-refractivity contribution < 1.29 is 47.9 Å². The standard InChI is InChI=1S/C28H38N4O10/c1-18(19-8-9-21-15-22(38-7)11-10-20(21)14-19)25(34)40-16-41-26(35)23(29-27(36)28(2,3)4)12-13-24(33)39-17-42-30-32(37)31(5)6/h8-11,14-15,18,23H,12-13,16-17H2,1-7H3,(H,29,36)/b32-30-. The number of rotatable bonds is 14. The molecule has 2 rings (SSSR count). The number of hydrazine groups is 1. The van der Waals surface area contributed by atoms with E-state index in [-0.39, 0.29) is 17.8 Å². The number of benzene rings is 2.